The van der Waals surface area contributed by atoms with Gasteiger partial charge >= 0.3 is 0 Å². The van der Waals surface area contributed by atoms with Crippen molar-refractivity contribution in [3.05, 3.63) is 60.6 Å². The summed E-state index contributed by atoms with van der Waals surface area (Å²) in [6.07, 6.45) is 5.72. The molecule has 0 saturated heterocycles. The number of hydrogen-bond donors (Lipinski definition) is 1. The molecule has 0 spiro atoms. The van der Waals surface area contributed by atoms with Crippen LogP contribution < -0.4 is 10.1 Å². The molecule has 0 aliphatic carbocycles. The molecule has 21 heavy (non-hydrogen) atoms. The molecule has 5 nitrogen and oxygen atoms in total. The first-order valence-electron chi connectivity index (χ1n) is 6.61. The number of pyridine rings is 1. The van der Waals surface area contributed by atoms with Crippen molar-refractivity contribution in [3.8, 4) is 5.75 Å². The molecule has 0 radical (unpaired) electrons. The summed E-state index contributed by atoms with van der Waals surface area (Å²) < 4.78 is 7.02. The highest BCUT2D eigenvalue weighted by Crippen LogP contribution is 2.16. The number of hydrogen-bond acceptors (Lipinski definition) is 3. The molecule has 0 atom stereocenters. The Morgan fingerprint density at radius 3 is 3.05 bits per heavy atom. The first kappa shape index (κ1) is 13.2. The molecule has 5 heteroatoms. The third kappa shape index (κ3) is 2.86. The molecule has 106 valence electrons. The van der Waals surface area contributed by atoms with Gasteiger partial charge in [-0.1, -0.05) is 12.1 Å². The molecule has 0 aliphatic rings. The second-order valence-corrected chi connectivity index (χ2v) is 4.66. The number of rotatable bonds is 4. The average molecular weight is 281 g/mol. The highest BCUT2D eigenvalue weighted by molar-refractivity contribution is 5.95. The molecule has 2 aromatic heterocycles. The van der Waals surface area contributed by atoms with Gasteiger partial charge in [-0.2, -0.15) is 0 Å². The zero-order chi connectivity index (χ0) is 14.7. The lowest BCUT2D eigenvalue weighted by atomic mass is 10.1. The third-order valence-corrected chi connectivity index (χ3v) is 3.19. The van der Waals surface area contributed by atoms with E-state index in [0.29, 0.717) is 12.1 Å². The molecule has 0 fully saturated rings. The van der Waals surface area contributed by atoms with Gasteiger partial charge < -0.3 is 14.5 Å². The molecule has 0 bridgehead atoms. The van der Waals surface area contributed by atoms with Gasteiger partial charge in [0.15, 0.2) is 5.65 Å². The second kappa shape index (κ2) is 5.66. The number of ether oxygens (including phenoxy) is 1. The van der Waals surface area contributed by atoms with E-state index in [4.69, 9.17) is 4.74 Å². The van der Waals surface area contributed by atoms with Gasteiger partial charge in [-0.3, -0.25) is 4.79 Å². The van der Waals surface area contributed by atoms with Crippen molar-refractivity contribution in [2.24, 2.45) is 0 Å². The SMILES string of the molecule is COc1cccc(CC(=O)Nc2cccn3ccnc23)c1. The largest absolute Gasteiger partial charge is 0.497 e. The van der Waals surface area contributed by atoms with Crippen molar-refractivity contribution in [2.45, 2.75) is 6.42 Å². The lowest BCUT2D eigenvalue weighted by molar-refractivity contribution is -0.115. The first-order chi connectivity index (χ1) is 10.3. The summed E-state index contributed by atoms with van der Waals surface area (Å²) >= 11 is 0. The molecule has 3 aromatic rings. The standard InChI is InChI=1S/C16H15N3O2/c1-21-13-5-2-4-12(10-13)11-15(20)18-14-6-3-8-19-9-7-17-16(14)19/h2-10H,11H2,1H3,(H,18,20). The van der Waals surface area contributed by atoms with Crippen molar-refractivity contribution < 1.29 is 9.53 Å². The Morgan fingerprint density at radius 1 is 1.29 bits per heavy atom. The summed E-state index contributed by atoms with van der Waals surface area (Å²) in [6.45, 7) is 0. The summed E-state index contributed by atoms with van der Waals surface area (Å²) in [5, 5.41) is 2.89. The fraction of sp³-hybridized carbons (Fsp3) is 0.125. The van der Waals surface area contributed by atoms with Crippen LogP contribution in [0.2, 0.25) is 0 Å². The normalized spacial score (nSPS) is 10.5. The van der Waals surface area contributed by atoms with Crippen LogP contribution in [0.25, 0.3) is 5.65 Å². The monoisotopic (exact) mass is 281 g/mol. The van der Waals surface area contributed by atoms with Crippen LogP contribution in [-0.2, 0) is 11.2 Å². The second-order valence-electron chi connectivity index (χ2n) is 4.66. The molecule has 1 amide bonds. The van der Waals surface area contributed by atoms with E-state index in [1.165, 1.54) is 0 Å². The average Bonchev–Trinajstić information content (AvgIpc) is 2.97. The molecular formula is C16H15N3O2. The summed E-state index contributed by atoms with van der Waals surface area (Å²) in [5.74, 6) is 0.662. The zero-order valence-corrected chi connectivity index (χ0v) is 11.6. The van der Waals surface area contributed by atoms with E-state index in [-0.39, 0.29) is 5.91 Å². The number of carbonyl (C=O) groups excluding carboxylic acids is 1. The highest BCUT2D eigenvalue weighted by atomic mass is 16.5. The van der Waals surface area contributed by atoms with Gasteiger partial charge in [0.1, 0.15) is 5.75 Å². The number of imidazole rings is 1. The minimum atomic E-state index is -0.0839. The smallest absolute Gasteiger partial charge is 0.228 e. The number of anilines is 1. The van der Waals surface area contributed by atoms with Crippen LogP contribution >= 0.6 is 0 Å². The maximum Gasteiger partial charge on any atom is 0.228 e. The van der Waals surface area contributed by atoms with E-state index in [9.17, 15) is 4.79 Å². The molecule has 0 aliphatic heterocycles. The number of fused-ring (bicyclic) bond motifs is 1. The van der Waals surface area contributed by atoms with E-state index in [0.717, 1.165) is 17.0 Å². The molecule has 1 N–H and O–H groups in total. The minimum absolute atomic E-state index is 0.0839. The van der Waals surface area contributed by atoms with Gasteiger partial charge in [-0.25, -0.2) is 4.98 Å². The number of aromatic nitrogens is 2. The Morgan fingerprint density at radius 2 is 2.19 bits per heavy atom. The van der Waals surface area contributed by atoms with Crippen LogP contribution in [0.5, 0.6) is 5.75 Å². The van der Waals surface area contributed by atoms with Gasteiger partial charge in [-0.05, 0) is 29.8 Å². The van der Waals surface area contributed by atoms with E-state index >= 15 is 0 Å². The fourth-order valence-electron chi connectivity index (χ4n) is 2.21. The van der Waals surface area contributed by atoms with Gasteiger partial charge in [0, 0.05) is 18.6 Å². The highest BCUT2D eigenvalue weighted by Gasteiger charge is 2.08. The first-order valence-corrected chi connectivity index (χ1v) is 6.61. The topological polar surface area (TPSA) is 55.6 Å². The van der Waals surface area contributed by atoms with Crippen LogP contribution in [0.3, 0.4) is 0 Å². The van der Waals surface area contributed by atoms with Gasteiger partial charge in [0.2, 0.25) is 5.91 Å². The maximum absolute atomic E-state index is 12.2. The Balaban J connectivity index is 1.75. The van der Waals surface area contributed by atoms with Crippen molar-refractivity contribution in [3.63, 3.8) is 0 Å². The van der Waals surface area contributed by atoms with Crippen molar-refractivity contribution >= 4 is 17.2 Å². The van der Waals surface area contributed by atoms with Crippen molar-refractivity contribution in [1.82, 2.24) is 9.38 Å². The van der Waals surface area contributed by atoms with Crippen LogP contribution in [-0.4, -0.2) is 22.4 Å². The summed E-state index contributed by atoms with van der Waals surface area (Å²) in [7, 11) is 1.61. The summed E-state index contributed by atoms with van der Waals surface area (Å²) in [5.41, 5.74) is 2.34. The number of amides is 1. The van der Waals surface area contributed by atoms with Crippen LogP contribution in [0.4, 0.5) is 5.69 Å². The molecule has 3 rings (SSSR count). The van der Waals surface area contributed by atoms with Crippen LogP contribution in [0, 0.1) is 0 Å². The van der Waals surface area contributed by atoms with E-state index in [2.05, 4.69) is 10.3 Å². The van der Waals surface area contributed by atoms with Crippen molar-refractivity contribution in [1.29, 1.82) is 0 Å². The number of benzene rings is 1. The third-order valence-electron chi connectivity index (χ3n) is 3.19. The summed E-state index contributed by atoms with van der Waals surface area (Å²) in [6, 6.07) is 11.2. The molecule has 2 heterocycles. The zero-order valence-electron chi connectivity index (χ0n) is 11.6. The minimum Gasteiger partial charge on any atom is -0.497 e. The quantitative estimate of drug-likeness (QED) is 0.799. The van der Waals surface area contributed by atoms with E-state index in [1.807, 2.05) is 53.2 Å². The Hall–Kier alpha value is -2.82. The predicted molar refractivity (Wildman–Crippen MR) is 80.5 cm³/mol. The van der Waals surface area contributed by atoms with Gasteiger partial charge in [0.25, 0.3) is 0 Å². The van der Waals surface area contributed by atoms with Crippen LogP contribution in [0.1, 0.15) is 5.56 Å². The van der Waals surface area contributed by atoms with E-state index < -0.39 is 0 Å². The lowest BCUT2D eigenvalue weighted by Gasteiger charge is -2.07. The molecule has 0 saturated carbocycles. The molecular weight excluding hydrogens is 266 g/mol. The number of methoxy groups -OCH3 is 1. The van der Waals surface area contributed by atoms with Crippen LogP contribution in [0.15, 0.2) is 55.0 Å². The number of nitrogens with zero attached hydrogens (tertiary/aromatic N) is 2. The Kier molecular flexibility index (Phi) is 3.55. The molecule has 1 aromatic carbocycles. The summed E-state index contributed by atoms with van der Waals surface area (Å²) in [4.78, 5) is 16.4. The maximum atomic E-state index is 12.2. The van der Waals surface area contributed by atoms with Gasteiger partial charge in [0.05, 0.1) is 19.2 Å². The molecule has 0 unspecified atom stereocenters. The number of carbonyl (C=O) groups is 1. The fourth-order valence-corrected chi connectivity index (χ4v) is 2.21. The van der Waals surface area contributed by atoms with E-state index in [1.54, 1.807) is 13.3 Å². The van der Waals surface area contributed by atoms with Crippen molar-refractivity contribution in [2.75, 3.05) is 12.4 Å². The Bertz CT molecular complexity index is 780. The predicted octanol–water partition coefficient (Wildman–Crippen LogP) is 2.52. The lowest BCUT2D eigenvalue weighted by Crippen LogP contribution is -2.15. The Labute approximate surface area is 122 Å². The van der Waals surface area contributed by atoms with Gasteiger partial charge in [-0.15, -0.1) is 0 Å². The number of nitrogens with one attached hydrogen (secondary N) is 1.